The molecule has 10 atom stereocenters. The van der Waals surface area contributed by atoms with Crippen LogP contribution in [0.1, 0.15) is 188 Å². The third-order valence-corrected chi connectivity index (χ3v) is 22.8. The Labute approximate surface area is 568 Å². The first kappa shape index (κ1) is 76.3. The molecule has 7 aliphatic rings. The van der Waals surface area contributed by atoms with Gasteiger partial charge in [0.05, 0.1) is 39.3 Å². The molecular formula is C69H113ClN12O13. The van der Waals surface area contributed by atoms with E-state index in [0.29, 0.717) is 58.0 Å². The van der Waals surface area contributed by atoms with Crippen molar-refractivity contribution < 1.29 is 62.3 Å². The minimum Gasteiger partial charge on any atom is -0.378 e. The molecular weight excluding hydrogens is 1240 g/mol. The fraction of sp³-hybridized carbons (Fsp3) is 0.826. The molecule has 534 valence electrons. The Hall–Kier alpha value is -6.11. The maximum Gasteiger partial charge on any atom is 0.248 e. The summed E-state index contributed by atoms with van der Waals surface area (Å²) in [5.74, 6) is -7.67. The average Bonchev–Trinajstić information content (AvgIpc) is 1.64. The molecule has 0 aromatic carbocycles. The lowest BCUT2D eigenvalue weighted by Crippen LogP contribution is -2.65. The van der Waals surface area contributed by atoms with Gasteiger partial charge in [0.2, 0.25) is 70.9 Å². The molecule has 1 spiro atoms. The number of ether oxygens (including phenoxy) is 1. The maximum absolute atomic E-state index is 15.7. The van der Waals surface area contributed by atoms with Crippen LogP contribution < -0.4 is 16.0 Å². The first-order chi connectivity index (χ1) is 45.2. The van der Waals surface area contributed by atoms with Crippen LogP contribution in [-0.2, 0) is 62.3 Å². The molecule has 2 unspecified atom stereocenters. The standard InChI is InChI=1S/C69H113ClN12O13/c1-11-45(2)59-66(92)76(6)41-57(85)74(4)42-58(86)78(8)53(38-47-26-15-12-16-27-47)64(90)75(5)40-55(83)71-51(44-95-43-49-30-19-20-31-50(49)70)63(89)82-37-25-32-52(82)62(88)73-69(33-21-22-34-69)68(94)80(10)60(48-28-17-13-18-29-48)67(93)79(9)54(65(91)81-35-23-14-24-36-81)39-56(84)77(7)46(3)61(87)72-59/h45-54,59-60H,11-44H2,1-10H3,(H,71,83)(H,72,87)(H,73,88)/t45-,46-,49?,50?,51-,52-,53-,54-,59-,60-/m0/s1. The van der Waals surface area contributed by atoms with Crippen LogP contribution >= 0.6 is 11.6 Å². The highest BCUT2D eigenvalue weighted by Gasteiger charge is 2.51. The summed E-state index contributed by atoms with van der Waals surface area (Å²) in [5.41, 5.74) is -1.48. The lowest BCUT2D eigenvalue weighted by atomic mass is 9.81. The molecule has 0 radical (unpaired) electrons. The lowest BCUT2D eigenvalue weighted by molar-refractivity contribution is -0.157. The van der Waals surface area contributed by atoms with E-state index in [1.807, 2.05) is 6.92 Å². The minimum atomic E-state index is -1.48. The molecule has 25 nitrogen and oxygen atoms in total. The van der Waals surface area contributed by atoms with Crippen LogP contribution in [-0.4, -0.2) is 270 Å². The van der Waals surface area contributed by atoms with Crippen LogP contribution in [0.3, 0.4) is 0 Å². The van der Waals surface area contributed by atoms with E-state index in [9.17, 15) is 38.4 Å². The molecule has 7 rings (SSSR count). The van der Waals surface area contributed by atoms with Crippen molar-refractivity contribution in [3.63, 3.8) is 0 Å². The minimum absolute atomic E-state index is 0.00232. The Balaban J connectivity index is 1.24. The molecule has 0 aromatic rings. The fourth-order valence-corrected chi connectivity index (χ4v) is 15.9. The predicted molar refractivity (Wildman–Crippen MR) is 357 cm³/mol. The van der Waals surface area contributed by atoms with Gasteiger partial charge in [-0.25, -0.2) is 0 Å². The van der Waals surface area contributed by atoms with Crippen LogP contribution in [0.5, 0.6) is 0 Å². The van der Waals surface area contributed by atoms with Gasteiger partial charge in [-0.3, -0.25) is 57.5 Å². The first-order valence-corrected chi connectivity index (χ1v) is 36.2. The van der Waals surface area contributed by atoms with E-state index in [0.717, 1.165) is 101 Å². The number of likely N-dealkylation sites (tertiary alicyclic amines) is 1. The van der Waals surface area contributed by atoms with Crippen molar-refractivity contribution in [2.45, 2.75) is 241 Å². The summed E-state index contributed by atoms with van der Waals surface area (Å²) in [6, 6.07) is -8.23. The Morgan fingerprint density at radius 1 is 0.579 bits per heavy atom. The SMILES string of the molecule is CC[C@H](C)[C@@H]1NC(=O)[C@H](C)N(C)C(=O)C[C@@H](C(=O)N2CCCCC2)N(C)C(=O)[C@H](C2CCCCC2)N(C)C(=O)C2(CCCC2)NC(=O)[C@@H]2CCCN2C(=O)[C@H](COCC2CCCCC2Cl)NC(=O)CN(C)C(=O)[C@H](CC2CCCCC2)N(C)C(=O)CN(C)C(=O)CN(C)C1=O. The second-order valence-corrected chi connectivity index (χ2v) is 29.5. The van der Waals surface area contributed by atoms with Gasteiger partial charge in [0.15, 0.2) is 0 Å². The molecule has 95 heavy (non-hydrogen) atoms. The molecule has 3 saturated heterocycles. The molecule has 0 aromatic heterocycles. The van der Waals surface area contributed by atoms with Gasteiger partial charge in [0.25, 0.3) is 0 Å². The van der Waals surface area contributed by atoms with Crippen molar-refractivity contribution in [2.24, 2.45) is 23.7 Å². The number of hydrogen-bond acceptors (Lipinski definition) is 13. The molecule has 0 bridgehead atoms. The van der Waals surface area contributed by atoms with Crippen LogP contribution in [0.4, 0.5) is 0 Å². The summed E-state index contributed by atoms with van der Waals surface area (Å²) < 4.78 is 6.26. The number of amides is 12. The maximum atomic E-state index is 15.7. The summed E-state index contributed by atoms with van der Waals surface area (Å²) in [4.78, 5) is 189. The van der Waals surface area contributed by atoms with Crippen LogP contribution in [0.15, 0.2) is 0 Å². The van der Waals surface area contributed by atoms with Gasteiger partial charge in [-0.2, -0.15) is 0 Å². The molecule has 26 heteroatoms. The molecule has 4 aliphatic carbocycles. The van der Waals surface area contributed by atoms with E-state index >= 15 is 19.2 Å². The Bertz CT molecular complexity index is 2720. The zero-order valence-corrected chi connectivity index (χ0v) is 59.4. The summed E-state index contributed by atoms with van der Waals surface area (Å²) in [5, 5.41) is 8.69. The van der Waals surface area contributed by atoms with Gasteiger partial charge in [0, 0.05) is 74.3 Å². The third-order valence-electron chi connectivity index (χ3n) is 22.2. The number of nitrogens with zero attached hydrogens (tertiary/aromatic N) is 9. The van der Waals surface area contributed by atoms with Gasteiger partial charge in [-0.05, 0) is 108 Å². The van der Waals surface area contributed by atoms with Gasteiger partial charge in [-0.1, -0.05) is 97.3 Å². The topological polar surface area (TPSA) is 279 Å². The van der Waals surface area contributed by atoms with Crippen molar-refractivity contribution in [1.29, 1.82) is 0 Å². The van der Waals surface area contributed by atoms with Crippen molar-refractivity contribution in [2.75, 3.05) is 102 Å². The Morgan fingerprint density at radius 3 is 1.82 bits per heavy atom. The number of rotatable bonds is 10. The van der Waals surface area contributed by atoms with Crippen LogP contribution in [0.2, 0.25) is 0 Å². The number of alkyl halides is 1. The second kappa shape index (κ2) is 35.4. The van der Waals surface area contributed by atoms with Gasteiger partial charge < -0.3 is 64.8 Å². The summed E-state index contributed by atoms with van der Waals surface area (Å²) in [7, 11) is 10.2. The highest BCUT2D eigenvalue weighted by Crippen LogP contribution is 2.37. The Kier molecular flexibility index (Phi) is 28.4. The summed E-state index contributed by atoms with van der Waals surface area (Å²) in [6.45, 7) is 4.57. The van der Waals surface area contributed by atoms with Crippen molar-refractivity contribution in [3.8, 4) is 0 Å². The number of halogens is 1. The van der Waals surface area contributed by atoms with Crippen molar-refractivity contribution >= 4 is 82.5 Å². The number of piperidine rings is 1. The number of fused-ring (bicyclic) bond motifs is 1. The first-order valence-electron chi connectivity index (χ1n) is 35.7. The zero-order chi connectivity index (χ0) is 69.4. The molecule has 3 aliphatic heterocycles. The number of hydrogen-bond donors (Lipinski definition) is 3. The van der Waals surface area contributed by atoms with Gasteiger partial charge in [-0.15, -0.1) is 11.6 Å². The van der Waals surface area contributed by atoms with E-state index < -0.39 is 151 Å². The monoisotopic (exact) mass is 1350 g/mol. The van der Waals surface area contributed by atoms with Crippen LogP contribution in [0.25, 0.3) is 0 Å². The normalized spacial score (nSPS) is 30.0. The number of carbonyl (C=O) groups excluding carboxylic acids is 12. The van der Waals surface area contributed by atoms with E-state index in [-0.39, 0.29) is 62.2 Å². The zero-order valence-electron chi connectivity index (χ0n) is 58.7. The number of likely N-dealkylation sites (N-methyl/N-ethyl adjacent to an activating group) is 7. The molecule has 3 heterocycles. The fourth-order valence-electron chi connectivity index (χ4n) is 15.6. The summed E-state index contributed by atoms with van der Waals surface area (Å²) >= 11 is 6.76. The highest BCUT2D eigenvalue weighted by atomic mass is 35.5. The van der Waals surface area contributed by atoms with Crippen molar-refractivity contribution in [3.05, 3.63) is 0 Å². The molecule has 12 amide bonds. The smallest absolute Gasteiger partial charge is 0.248 e. The molecule has 3 N–H and O–H groups in total. The quantitative estimate of drug-likeness (QED) is 0.262. The van der Waals surface area contributed by atoms with E-state index in [1.165, 1.54) is 83.5 Å². The Morgan fingerprint density at radius 2 is 1.18 bits per heavy atom. The largest absolute Gasteiger partial charge is 0.378 e. The van der Waals surface area contributed by atoms with Crippen molar-refractivity contribution in [1.82, 2.24) is 60.0 Å². The molecule has 7 fully saturated rings. The summed E-state index contributed by atoms with van der Waals surface area (Å²) in [6.07, 6.45) is 16.8. The average molecular weight is 1350 g/mol. The highest BCUT2D eigenvalue weighted by molar-refractivity contribution is 6.20. The lowest BCUT2D eigenvalue weighted by Gasteiger charge is -2.43. The van der Waals surface area contributed by atoms with E-state index in [1.54, 1.807) is 18.9 Å². The van der Waals surface area contributed by atoms with Crippen LogP contribution in [0, 0.1) is 23.7 Å². The van der Waals surface area contributed by atoms with E-state index in [2.05, 4.69) is 16.0 Å². The predicted octanol–water partition coefficient (Wildman–Crippen LogP) is 3.91. The molecule has 4 saturated carbocycles. The van der Waals surface area contributed by atoms with E-state index in [4.69, 9.17) is 16.3 Å². The van der Waals surface area contributed by atoms with Gasteiger partial charge >= 0.3 is 0 Å². The number of nitrogens with one attached hydrogen (secondary N) is 3. The third kappa shape index (κ3) is 19.4. The van der Waals surface area contributed by atoms with Gasteiger partial charge in [0.1, 0.15) is 47.8 Å². The number of carbonyl (C=O) groups is 12. The second-order valence-electron chi connectivity index (χ2n) is 29.0.